The summed E-state index contributed by atoms with van der Waals surface area (Å²) in [5, 5.41) is 12.6. The molecule has 7 nitrogen and oxygen atoms in total. The Morgan fingerprint density at radius 1 is 1.09 bits per heavy atom. The van der Waals surface area contributed by atoms with Crippen LogP contribution in [0.2, 0.25) is 0 Å². The highest BCUT2D eigenvalue weighted by atomic mass is 32.1. The average Bonchev–Trinajstić information content (AvgIpc) is 3.26. The number of thiophene rings is 1. The molecule has 2 aromatic carbocycles. The van der Waals surface area contributed by atoms with Gasteiger partial charge in [-0.05, 0) is 35.4 Å². The molecule has 0 aliphatic rings. The molecule has 0 unspecified atom stereocenters. The van der Waals surface area contributed by atoms with E-state index in [9.17, 15) is 14.9 Å². The van der Waals surface area contributed by atoms with Crippen LogP contribution in [0.5, 0.6) is 5.75 Å². The molecule has 0 fully saturated rings. The van der Waals surface area contributed by atoms with Crippen molar-refractivity contribution in [3.8, 4) is 22.3 Å². The zero-order valence-electron chi connectivity index (χ0n) is 18.4. The van der Waals surface area contributed by atoms with Gasteiger partial charge in [-0.1, -0.05) is 36.4 Å². The molecule has 3 aromatic rings. The third-order valence-electron chi connectivity index (χ3n) is 4.70. The molecule has 1 heterocycles. The van der Waals surface area contributed by atoms with Gasteiger partial charge >= 0.3 is 5.97 Å². The summed E-state index contributed by atoms with van der Waals surface area (Å²) in [6.45, 7) is 0.318. The number of nitrogens with zero attached hydrogens (tertiary/aromatic N) is 1. The molecule has 1 amide bonds. The van der Waals surface area contributed by atoms with E-state index >= 15 is 0 Å². The number of benzene rings is 2. The quantitative estimate of drug-likeness (QED) is 0.290. The summed E-state index contributed by atoms with van der Waals surface area (Å²) in [7, 11) is 4.40. The van der Waals surface area contributed by atoms with Crippen LogP contribution in [-0.4, -0.2) is 33.2 Å². The van der Waals surface area contributed by atoms with Gasteiger partial charge in [-0.15, -0.1) is 11.3 Å². The summed E-state index contributed by atoms with van der Waals surface area (Å²) in [4.78, 5) is 26.0. The maximum Gasteiger partial charge on any atom is 0.340 e. The number of ether oxygens (including phenoxy) is 3. The smallest absolute Gasteiger partial charge is 0.340 e. The summed E-state index contributed by atoms with van der Waals surface area (Å²) in [5.41, 5.74) is 2.42. The van der Waals surface area contributed by atoms with Crippen molar-refractivity contribution in [2.24, 2.45) is 0 Å². The molecule has 0 saturated heterocycles. The number of hydrogen-bond donors (Lipinski definition) is 1. The Balaban J connectivity index is 1.92. The van der Waals surface area contributed by atoms with Crippen LogP contribution in [0.4, 0.5) is 5.00 Å². The first-order valence-corrected chi connectivity index (χ1v) is 10.7. The summed E-state index contributed by atoms with van der Waals surface area (Å²) >= 11 is 1.23. The third-order valence-corrected chi connectivity index (χ3v) is 5.80. The third kappa shape index (κ3) is 5.66. The Morgan fingerprint density at radius 3 is 2.48 bits per heavy atom. The Kier molecular flexibility index (Phi) is 7.97. The molecule has 168 valence electrons. The van der Waals surface area contributed by atoms with Crippen LogP contribution in [-0.2, 0) is 20.9 Å². The zero-order valence-corrected chi connectivity index (χ0v) is 19.2. The highest BCUT2D eigenvalue weighted by Crippen LogP contribution is 2.36. The zero-order chi connectivity index (χ0) is 23.8. The van der Waals surface area contributed by atoms with E-state index in [4.69, 9.17) is 14.2 Å². The molecule has 0 aliphatic carbocycles. The Labute approximate surface area is 195 Å². The summed E-state index contributed by atoms with van der Waals surface area (Å²) in [5.74, 6) is -0.564. The van der Waals surface area contributed by atoms with Crippen LogP contribution >= 0.6 is 11.3 Å². The van der Waals surface area contributed by atoms with Crippen LogP contribution in [0, 0.1) is 11.3 Å². The number of carbonyl (C=O) groups excluding carboxylic acids is 2. The monoisotopic (exact) mass is 462 g/mol. The predicted molar refractivity (Wildman–Crippen MR) is 127 cm³/mol. The SMILES string of the molecule is COCc1cc(/C=C(\C#N)C(=O)Nc2sc(-c3ccccc3)cc2C(=O)OC)ccc1OC. The average molecular weight is 463 g/mol. The maximum atomic E-state index is 12.9. The number of hydrogen-bond acceptors (Lipinski definition) is 7. The van der Waals surface area contributed by atoms with Gasteiger partial charge in [0.2, 0.25) is 0 Å². The number of nitriles is 1. The minimum atomic E-state index is -0.631. The highest BCUT2D eigenvalue weighted by Gasteiger charge is 2.21. The standard InChI is InChI=1S/C25H22N2O5S/c1-30-15-19-12-16(9-10-21(19)31-2)11-18(14-26)23(28)27-24-20(25(29)32-3)13-22(33-24)17-7-5-4-6-8-17/h4-13H,15H2,1-3H3,(H,27,28)/b18-11+. The Bertz CT molecular complexity index is 1230. The summed E-state index contributed by atoms with van der Waals surface area (Å²) < 4.78 is 15.4. The van der Waals surface area contributed by atoms with Crippen molar-refractivity contribution in [2.75, 3.05) is 26.6 Å². The minimum absolute atomic E-state index is 0.117. The predicted octanol–water partition coefficient (Wildman–Crippen LogP) is 4.90. The Morgan fingerprint density at radius 2 is 1.85 bits per heavy atom. The molecule has 0 bridgehead atoms. The number of esters is 1. The molecule has 0 radical (unpaired) electrons. The first kappa shape index (κ1) is 23.7. The molecular weight excluding hydrogens is 440 g/mol. The van der Waals surface area contributed by atoms with Gasteiger partial charge in [0, 0.05) is 17.6 Å². The van der Waals surface area contributed by atoms with Gasteiger partial charge in [-0.25, -0.2) is 4.79 Å². The van der Waals surface area contributed by atoms with E-state index in [1.807, 2.05) is 36.4 Å². The van der Waals surface area contributed by atoms with Gasteiger partial charge < -0.3 is 19.5 Å². The van der Waals surface area contributed by atoms with Crippen molar-refractivity contribution in [3.05, 3.63) is 76.9 Å². The summed E-state index contributed by atoms with van der Waals surface area (Å²) in [6.07, 6.45) is 1.47. The van der Waals surface area contributed by atoms with Crippen molar-refractivity contribution in [2.45, 2.75) is 6.61 Å². The van der Waals surface area contributed by atoms with E-state index in [1.165, 1.54) is 24.5 Å². The number of rotatable bonds is 8. The van der Waals surface area contributed by atoms with E-state index in [1.54, 1.807) is 38.5 Å². The Hall–Kier alpha value is -3.93. The molecule has 1 N–H and O–H groups in total. The molecule has 3 rings (SSSR count). The fourth-order valence-corrected chi connectivity index (χ4v) is 4.18. The van der Waals surface area contributed by atoms with E-state index < -0.39 is 11.9 Å². The van der Waals surface area contributed by atoms with Gasteiger partial charge in [0.05, 0.1) is 26.4 Å². The molecule has 0 atom stereocenters. The minimum Gasteiger partial charge on any atom is -0.496 e. The van der Waals surface area contributed by atoms with Crippen LogP contribution < -0.4 is 10.1 Å². The van der Waals surface area contributed by atoms with Crippen molar-refractivity contribution in [3.63, 3.8) is 0 Å². The van der Waals surface area contributed by atoms with Crippen LogP contribution in [0.25, 0.3) is 16.5 Å². The first-order valence-electron chi connectivity index (χ1n) is 9.87. The molecular formula is C25H22N2O5S. The number of amides is 1. The highest BCUT2D eigenvalue weighted by molar-refractivity contribution is 7.20. The fourth-order valence-electron chi connectivity index (χ4n) is 3.13. The molecule has 1 aromatic heterocycles. The first-order chi connectivity index (χ1) is 16.0. The molecule has 8 heteroatoms. The molecule has 33 heavy (non-hydrogen) atoms. The van der Waals surface area contributed by atoms with Crippen LogP contribution in [0.15, 0.2) is 60.2 Å². The lowest BCUT2D eigenvalue weighted by Gasteiger charge is -2.09. The fraction of sp³-hybridized carbons (Fsp3) is 0.160. The van der Waals surface area contributed by atoms with Crippen molar-refractivity contribution < 1.29 is 23.8 Å². The number of nitrogens with one attached hydrogen (secondary N) is 1. The largest absolute Gasteiger partial charge is 0.496 e. The second-order valence-corrected chi connectivity index (χ2v) is 7.89. The van der Waals surface area contributed by atoms with Crippen LogP contribution in [0.1, 0.15) is 21.5 Å². The van der Waals surface area contributed by atoms with Gasteiger partial charge in [-0.2, -0.15) is 5.26 Å². The lowest BCUT2D eigenvalue weighted by atomic mass is 10.1. The second-order valence-electron chi connectivity index (χ2n) is 6.84. The van der Waals surface area contributed by atoms with Crippen LogP contribution in [0.3, 0.4) is 0 Å². The van der Waals surface area contributed by atoms with E-state index in [2.05, 4.69) is 5.32 Å². The van der Waals surface area contributed by atoms with Gasteiger partial charge in [0.25, 0.3) is 5.91 Å². The van der Waals surface area contributed by atoms with Crippen molar-refractivity contribution in [1.29, 1.82) is 5.26 Å². The molecule has 0 aliphatic heterocycles. The van der Waals surface area contributed by atoms with E-state index in [0.29, 0.717) is 22.9 Å². The van der Waals surface area contributed by atoms with E-state index in [-0.39, 0.29) is 11.1 Å². The van der Waals surface area contributed by atoms with Gasteiger partial charge in [-0.3, -0.25) is 4.79 Å². The van der Waals surface area contributed by atoms with Gasteiger partial charge in [0.1, 0.15) is 22.4 Å². The summed E-state index contributed by atoms with van der Waals surface area (Å²) in [6, 6.07) is 18.3. The number of carbonyl (C=O) groups is 2. The second kappa shape index (κ2) is 11.1. The number of anilines is 1. The van der Waals surface area contributed by atoms with Crippen molar-refractivity contribution in [1.82, 2.24) is 0 Å². The number of methoxy groups -OCH3 is 3. The lowest BCUT2D eigenvalue weighted by molar-refractivity contribution is -0.112. The maximum absolute atomic E-state index is 12.9. The molecule has 0 spiro atoms. The normalized spacial score (nSPS) is 10.9. The van der Waals surface area contributed by atoms with Gasteiger partial charge in [0.15, 0.2) is 0 Å². The van der Waals surface area contributed by atoms with E-state index in [0.717, 1.165) is 16.0 Å². The topological polar surface area (TPSA) is 97.7 Å². The van der Waals surface area contributed by atoms with Crippen molar-refractivity contribution >= 4 is 34.3 Å². The lowest BCUT2D eigenvalue weighted by Crippen LogP contribution is -2.15. The molecule has 0 saturated carbocycles.